The van der Waals surface area contributed by atoms with E-state index in [0.29, 0.717) is 0 Å². The number of hydrogen-bond donors (Lipinski definition) is 3. The fraction of sp³-hybridized carbons (Fsp3) is 0.333. The molecule has 0 spiro atoms. The summed E-state index contributed by atoms with van der Waals surface area (Å²) < 4.78 is 42.9. The van der Waals surface area contributed by atoms with E-state index in [1.165, 1.54) is 30.3 Å². The standard InChI is InChI=1S/C24H27NO9S/c1-3-15(2)20(27)19-22(34-24(29)17-12-8-5-9-13-17)21(18(26)14-32-35(30,31)25-19)33-23(28)16-10-6-4-7-11-16/h3-13,15,18-22,25-27H,1,14H2,2H3/t15-,18+,19+,20-,21+,22+/m0/s1. The van der Waals surface area contributed by atoms with Gasteiger partial charge in [-0.3, -0.25) is 4.18 Å². The van der Waals surface area contributed by atoms with Gasteiger partial charge < -0.3 is 19.7 Å². The first-order chi connectivity index (χ1) is 16.6. The van der Waals surface area contributed by atoms with Crippen LogP contribution in [0.3, 0.4) is 0 Å². The predicted molar refractivity (Wildman–Crippen MR) is 124 cm³/mol. The Balaban J connectivity index is 2.05. The topological polar surface area (TPSA) is 148 Å². The normalized spacial score (nSPS) is 25.8. The van der Waals surface area contributed by atoms with Crippen molar-refractivity contribution in [1.29, 1.82) is 0 Å². The molecule has 188 valence electrons. The van der Waals surface area contributed by atoms with E-state index in [2.05, 4.69) is 11.3 Å². The molecule has 0 unspecified atom stereocenters. The molecule has 1 saturated heterocycles. The molecule has 35 heavy (non-hydrogen) atoms. The first-order valence-electron chi connectivity index (χ1n) is 10.8. The van der Waals surface area contributed by atoms with Gasteiger partial charge in [0.2, 0.25) is 0 Å². The zero-order valence-electron chi connectivity index (χ0n) is 18.9. The van der Waals surface area contributed by atoms with Crippen molar-refractivity contribution in [3.63, 3.8) is 0 Å². The third-order valence-corrected chi connectivity index (χ3v) is 6.52. The fourth-order valence-corrected chi connectivity index (χ4v) is 4.49. The number of aliphatic hydroxyl groups excluding tert-OH is 2. The zero-order valence-corrected chi connectivity index (χ0v) is 19.7. The van der Waals surface area contributed by atoms with Gasteiger partial charge in [0.05, 0.1) is 29.9 Å². The smallest absolute Gasteiger partial charge is 0.338 e. The van der Waals surface area contributed by atoms with Crippen LogP contribution in [0.15, 0.2) is 73.3 Å². The molecule has 1 fully saturated rings. The quantitative estimate of drug-likeness (QED) is 0.373. The van der Waals surface area contributed by atoms with Crippen LogP contribution in [0.4, 0.5) is 0 Å². The van der Waals surface area contributed by atoms with E-state index in [1.54, 1.807) is 43.3 Å². The maximum absolute atomic E-state index is 12.9. The van der Waals surface area contributed by atoms with Crippen molar-refractivity contribution in [2.24, 2.45) is 5.92 Å². The molecule has 2 aromatic rings. The first-order valence-corrected chi connectivity index (χ1v) is 12.2. The molecule has 0 radical (unpaired) electrons. The Hall–Kier alpha value is -3.09. The molecular weight excluding hydrogens is 478 g/mol. The lowest BCUT2D eigenvalue weighted by atomic mass is 9.90. The number of carbonyl (C=O) groups is 2. The second-order valence-corrected chi connectivity index (χ2v) is 9.39. The summed E-state index contributed by atoms with van der Waals surface area (Å²) in [7, 11) is -4.48. The van der Waals surface area contributed by atoms with Gasteiger partial charge in [0.25, 0.3) is 0 Å². The second kappa shape index (κ2) is 11.6. The average Bonchev–Trinajstić information content (AvgIpc) is 2.87. The number of aliphatic hydroxyl groups is 2. The molecule has 10 nitrogen and oxygen atoms in total. The molecule has 3 N–H and O–H groups in total. The monoisotopic (exact) mass is 505 g/mol. The molecule has 0 bridgehead atoms. The number of nitrogens with one attached hydrogen (secondary N) is 1. The molecule has 0 aromatic heterocycles. The highest BCUT2D eigenvalue weighted by Gasteiger charge is 2.48. The largest absolute Gasteiger partial charge is 0.453 e. The average molecular weight is 506 g/mol. The van der Waals surface area contributed by atoms with Crippen LogP contribution in [0, 0.1) is 5.92 Å². The molecule has 0 amide bonds. The molecule has 1 aliphatic heterocycles. The van der Waals surface area contributed by atoms with E-state index in [0.717, 1.165) is 0 Å². The Morgan fingerprint density at radius 1 is 1.03 bits per heavy atom. The van der Waals surface area contributed by atoms with E-state index in [9.17, 15) is 28.2 Å². The Kier molecular flexibility index (Phi) is 8.76. The second-order valence-electron chi connectivity index (χ2n) is 8.01. The summed E-state index contributed by atoms with van der Waals surface area (Å²) in [6.07, 6.45) is -5.09. The van der Waals surface area contributed by atoms with Crippen LogP contribution in [0.5, 0.6) is 0 Å². The molecule has 1 aliphatic rings. The summed E-state index contributed by atoms with van der Waals surface area (Å²) in [5.41, 5.74) is 0.272. The summed E-state index contributed by atoms with van der Waals surface area (Å²) >= 11 is 0. The summed E-state index contributed by atoms with van der Waals surface area (Å²) in [5, 5.41) is 21.7. The molecule has 6 atom stereocenters. The van der Waals surface area contributed by atoms with Crippen LogP contribution in [0.25, 0.3) is 0 Å². The molecule has 2 aromatic carbocycles. The van der Waals surface area contributed by atoms with Gasteiger partial charge in [-0.1, -0.05) is 49.4 Å². The van der Waals surface area contributed by atoms with Crippen LogP contribution in [0.2, 0.25) is 0 Å². The van der Waals surface area contributed by atoms with Gasteiger partial charge in [-0.15, -0.1) is 6.58 Å². The van der Waals surface area contributed by atoms with Crippen LogP contribution < -0.4 is 4.72 Å². The Bertz CT molecular complexity index is 1120. The van der Waals surface area contributed by atoms with Gasteiger partial charge >= 0.3 is 22.2 Å². The highest BCUT2D eigenvalue weighted by molar-refractivity contribution is 7.84. The molecule has 0 saturated carbocycles. The van der Waals surface area contributed by atoms with Crippen LogP contribution >= 0.6 is 0 Å². The van der Waals surface area contributed by atoms with Crippen molar-refractivity contribution in [3.8, 4) is 0 Å². The number of benzene rings is 2. The summed E-state index contributed by atoms with van der Waals surface area (Å²) in [5.74, 6) is -2.43. The van der Waals surface area contributed by atoms with Crippen molar-refractivity contribution >= 4 is 22.2 Å². The summed E-state index contributed by atoms with van der Waals surface area (Å²) in [6.45, 7) is 4.37. The molecule has 3 rings (SSSR count). The Morgan fingerprint density at radius 3 is 2.00 bits per heavy atom. The van der Waals surface area contributed by atoms with Crippen LogP contribution in [0.1, 0.15) is 27.6 Å². The van der Waals surface area contributed by atoms with Crippen molar-refractivity contribution < 1.29 is 41.9 Å². The van der Waals surface area contributed by atoms with E-state index < -0.39 is 65.2 Å². The number of esters is 2. The van der Waals surface area contributed by atoms with E-state index in [4.69, 9.17) is 13.7 Å². The van der Waals surface area contributed by atoms with E-state index in [1.807, 2.05) is 0 Å². The van der Waals surface area contributed by atoms with Crippen LogP contribution in [-0.2, 0) is 24.0 Å². The maximum Gasteiger partial charge on any atom is 0.338 e. The predicted octanol–water partition coefficient (Wildman–Crippen LogP) is 1.21. The lowest BCUT2D eigenvalue weighted by molar-refractivity contribution is -0.116. The van der Waals surface area contributed by atoms with Crippen molar-refractivity contribution in [2.75, 3.05) is 6.61 Å². The molecule has 0 aliphatic carbocycles. The number of rotatable bonds is 7. The Labute approximate surface area is 203 Å². The van der Waals surface area contributed by atoms with Crippen molar-refractivity contribution in [2.45, 2.75) is 37.4 Å². The van der Waals surface area contributed by atoms with E-state index >= 15 is 0 Å². The van der Waals surface area contributed by atoms with Gasteiger partial charge in [-0.05, 0) is 24.3 Å². The SMILES string of the molecule is C=C[C@H](C)[C@H](O)[C@H]1NS(=O)(=O)OC[C@@H](O)[C@@H](OC(=O)c2ccccc2)[C@@H]1OC(=O)c1ccccc1. The van der Waals surface area contributed by atoms with Gasteiger partial charge in [-0.2, -0.15) is 13.1 Å². The van der Waals surface area contributed by atoms with Gasteiger partial charge in [0, 0.05) is 5.92 Å². The lowest BCUT2D eigenvalue weighted by Crippen LogP contribution is -2.63. The first kappa shape index (κ1) is 26.5. The third-order valence-electron chi connectivity index (χ3n) is 5.51. The van der Waals surface area contributed by atoms with Gasteiger partial charge in [0.15, 0.2) is 12.2 Å². The number of carbonyl (C=O) groups excluding carboxylic acids is 2. The number of ether oxygens (including phenoxy) is 2. The minimum atomic E-state index is -4.48. The minimum Gasteiger partial charge on any atom is -0.453 e. The summed E-state index contributed by atoms with van der Waals surface area (Å²) in [6, 6.07) is 14.1. The lowest BCUT2D eigenvalue weighted by Gasteiger charge is -2.39. The van der Waals surface area contributed by atoms with Crippen LogP contribution in [-0.4, -0.2) is 67.6 Å². The van der Waals surface area contributed by atoms with Gasteiger partial charge in [-0.25, -0.2) is 9.59 Å². The fourth-order valence-electron chi connectivity index (χ4n) is 3.49. The van der Waals surface area contributed by atoms with Crippen molar-refractivity contribution in [3.05, 3.63) is 84.4 Å². The third kappa shape index (κ3) is 6.74. The van der Waals surface area contributed by atoms with Crippen molar-refractivity contribution in [1.82, 2.24) is 4.72 Å². The molecular formula is C24H27NO9S. The number of hydrogen-bond acceptors (Lipinski definition) is 9. The maximum atomic E-state index is 12.9. The Morgan fingerprint density at radius 2 is 1.51 bits per heavy atom. The molecule has 1 heterocycles. The molecule has 11 heteroatoms. The minimum absolute atomic E-state index is 0.126. The van der Waals surface area contributed by atoms with Gasteiger partial charge in [0.1, 0.15) is 6.10 Å². The summed E-state index contributed by atoms with van der Waals surface area (Å²) in [4.78, 5) is 25.8. The highest BCUT2D eigenvalue weighted by Crippen LogP contribution is 2.25. The zero-order chi connectivity index (χ0) is 25.6. The highest BCUT2D eigenvalue weighted by atomic mass is 32.2. The van der Waals surface area contributed by atoms with E-state index in [-0.39, 0.29) is 11.1 Å².